The normalized spacial score (nSPS) is 17.6. The molecule has 17 heavy (non-hydrogen) atoms. The number of rotatable bonds is 3. The van der Waals surface area contributed by atoms with Crippen molar-refractivity contribution in [1.82, 2.24) is 9.29 Å². The minimum Gasteiger partial charge on any atom is -0.239 e. The van der Waals surface area contributed by atoms with Crippen molar-refractivity contribution in [2.24, 2.45) is 0 Å². The summed E-state index contributed by atoms with van der Waals surface area (Å²) in [5.74, 6) is 2.51. The molecule has 1 aliphatic rings. The SMILES string of the molecule is c1ccc2sc(SSN3CCSCC3)nc2c1. The van der Waals surface area contributed by atoms with Crippen LogP contribution in [0.15, 0.2) is 28.6 Å². The van der Waals surface area contributed by atoms with Crippen LogP contribution in [0.4, 0.5) is 0 Å². The molecule has 0 unspecified atom stereocenters. The first-order chi connectivity index (χ1) is 8.42. The molecule has 0 atom stereocenters. The van der Waals surface area contributed by atoms with E-state index in [1.54, 1.807) is 22.1 Å². The fraction of sp³-hybridized carbons (Fsp3) is 0.364. The quantitative estimate of drug-likeness (QED) is 0.627. The Balaban J connectivity index is 1.64. The van der Waals surface area contributed by atoms with Crippen LogP contribution in [0, 0.1) is 0 Å². The summed E-state index contributed by atoms with van der Waals surface area (Å²) in [5.41, 5.74) is 1.12. The molecule has 1 aromatic heterocycles. The summed E-state index contributed by atoms with van der Waals surface area (Å²) in [6.07, 6.45) is 0. The van der Waals surface area contributed by atoms with Gasteiger partial charge < -0.3 is 0 Å². The molecular formula is C11H12N2S4. The Morgan fingerprint density at radius 1 is 1.18 bits per heavy atom. The van der Waals surface area contributed by atoms with E-state index in [4.69, 9.17) is 0 Å². The number of thioether (sulfide) groups is 1. The summed E-state index contributed by atoms with van der Waals surface area (Å²) in [4.78, 5) is 4.63. The zero-order chi connectivity index (χ0) is 11.5. The summed E-state index contributed by atoms with van der Waals surface area (Å²) in [7, 11) is 3.64. The topological polar surface area (TPSA) is 16.1 Å². The maximum Gasteiger partial charge on any atom is 0.162 e. The lowest BCUT2D eigenvalue weighted by Crippen LogP contribution is -2.25. The number of aromatic nitrogens is 1. The van der Waals surface area contributed by atoms with Crippen molar-refractivity contribution in [3.8, 4) is 0 Å². The fourth-order valence-electron chi connectivity index (χ4n) is 1.59. The Morgan fingerprint density at radius 2 is 2.00 bits per heavy atom. The highest BCUT2D eigenvalue weighted by Gasteiger charge is 2.12. The number of thiazole rings is 1. The van der Waals surface area contributed by atoms with Crippen LogP contribution in [0.2, 0.25) is 0 Å². The lowest BCUT2D eigenvalue weighted by Gasteiger charge is -2.23. The van der Waals surface area contributed by atoms with Crippen LogP contribution in [0.1, 0.15) is 0 Å². The minimum absolute atomic E-state index is 1.12. The average molecular weight is 300 g/mol. The van der Waals surface area contributed by atoms with Crippen LogP contribution < -0.4 is 0 Å². The Morgan fingerprint density at radius 3 is 2.82 bits per heavy atom. The van der Waals surface area contributed by atoms with Gasteiger partial charge in [-0.3, -0.25) is 0 Å². The molecule has 3 rings (SSSR count). The van der Waals surface area contributed by atoms with Crippen molar-refractivity contribution in [1.29, 1.82) is 0 Å². The summed E-state index contributed by atoms with van der Waals surface area (Å²) in [6, 6.07) is 8.34. The number of hydrogen-bond donors (Lipinski definition) is 0. The van der Waals surface area contributed by atoms with Gasteiger partial charge in [-0.2, -0.15) is 11.8 Å². The van der Waals surface area contributed by atoms with Crippen LogP contribution in [0.25, 0.3) is 10.2 Å². The van der Waals surface area contributed by atoms with E-state index in [2.05, 4.69) is 27.5 Å². The third-order valence-corrected chi connectivity index (χ3v) is 7.26. The van der Waals surface area contributed by atoms with Crippen molar-refractivity contribution < 1.29 is 0 Å². The second kappa shape index (κ2) is 5.84. The second-order valence-electron chi connectivity index (χ2n) is 3.65. The highest BCUT2D eigenvalue weighted by molar-refractivity contribution is 8.76. The van der Waals surface area contributed by atoms with Crippen molar-refractivity contribution in [3.63, 3.8) is 0 Å². The van der Waals surface area contributed by atoms with Gasteiger partial charge in [0.15, 0.2) is 4.34 Å². The lowest BCUT2D eigenvalue weighted by molar-refractivity contribution is 0.527. The molecule has 90 valence electrons. The highest BCUT2D eigenvalue weighted by Crippen LogP contribution is 2.39. The second-order valence-corrected chi connectivity index (χ2v) is 8.33. The van der Waals surface area contributed by atoms with Crippen LogP contribution >= 0.6 is 44.9 Å². The third-order valence-electron chi connectivity index (χ3n) is 2.46. The summed E-state index contributed by atoms with van der Waals surface area (Å²) >= 11 is 3.83. The molecule has 0 amide bonds. The van der Waals surface area contributed by atoms with E-state index >= 15 is 0 Å². The largest absolute Gasteiger partial charge is 0.239 e. The van der Waals surface area contributed by atoms with E-state index in [1.165, 1.54) is 29.3 Å². The van der Waals surface area contributed by atoms with E-state index in [0.29, 0.717) is 0 Å². The molecule has 1 fully saturated rings. The first-order valence-corrected chi connectivity index (χ1v) is 9.52. The van der Waals surface area contributed by atoms with Crippen LogP contribution in [0.5, 0.6) is 0 Å². The molecular weight excluding hydrogens is 288 g/mol. The molecule has 0 spiro atoms. The Kier molecular flexibility index (Phi) is 4.18. The van der Waals surface area contributed by atoms with Crippen molar-refractivity contribution in [2.45, 2.75) is 4.34 Å². The number of fused-ring (bicyclic) bond motifs is 1. The van der Waals surface area contributed by atoms with Gasteiger partial charge in [0.05, 0.1) is 10.2 Å². The zero-order valence-corrected chi connectivity index (χ0v) is 12.4. The van der Waals surface area contributed by atoms with Crippen LogP contribution in [-0.2, 0) is 0 Å². The van der Waals surface area contributed by atoms with Gasteiger partial charge in [-0.15, -0.1) is 11.3 Å². The van der Waals surface area contributed by atoms with E-state index in [1.807, 2.05) is 28.8 Å². The zero-order valence-electron chi connectivity index (χ0n) is 9.17. The van der Waals surface area contributed by atoms with Gasteiger partial charge in [-0.25, -0.2) is 9.29 Å². The minimum atomic E-state index is 1.12. The molecule has 6 heteroatoms. The Labute approximate surface area is 117 Å². The van der Waals surface area contributed by atoms with Gasteiger partial charge in [0.2, 0.25) is 0 Å². The summed E-state index contributed by atoms with van der Waals surface area (Å²) in [5, 5.41) is 0. The predicted octanol–water partition coefficient (Wildman–Crippen LogP) is 4.00. The third kappa shape index (κ3) is 3.12. The highest BCUT2D eigenvalue weighted by atomic mass is 33.1. The number of nitrogens with zero attached hydrogens (tertiary/aromatic N) is 2. The van der Waals surface area contributed by atoms with Crippen LogP contribution in [0.3, 0.4) is 0 Å². The Hall–Kier alpha value is 0.120. The smallest absolute Gasteiger partial charge is 0.162 e. The van der Waals surface area contributed by atoms with E-state index in [9.17, 15) is 0 Å². The van der Waals surface area contributed by atoms with E-state index < -0.39 is 0 Å². The molecule has 1 aromatic carbocycles. The maximum atomic E-state index is 4.63. The molecule has 2 nitrogen and oxygen atoms in total. The molecule has 0 aliphatic carbocycles. The monoisotopic (exact) mass is 300 g/mol. The molecule has 0 saturated carbocycles. The van der Waals surface area contributed by atoms with E-state index in [0.717, 1.165) is 9.86 Å². The van der Waals surface area contributed by atoms with Gasteiger partial charge in [0.1, 0.15) is 0 Å². The number of benzene rings is 1. The molecule has 2 aromatic rings. The average Bonchev–Trinajstić information content (AvgIpc) is 2.80. The van der Waals surface area contributed by atoms with Crippen molar-refractivity contribution in [2.75, 3.05) is 24.6 Å². The first kappa shape index (κ1) is 12.2. The maximum absolute atomic E-state index is 4.63. The van der Waals surface area contributed by atoms with Crippen LogP contribution in [-0.4, -0.2) is 33.9 Å². The van der Waals surface area contributed by atoms with Gasteiger partial charge in [-0.1, -0.05) is 12.1 Å². The Bertz CT molecular complexity index is 460. The first-order valence-electron chi connectivity index (χ1n) is 5.45. The summed E-state index contributed by atoms with van der Waals surface area (Å²) < 4.78 is 4.88. The van der Waals surface area contributed by atoms with Crippen molar-refractivity contribution >= 4 is 55.1 Å². The van der Waals surface area contributed by atoms with Gasteiger partial charge in [-0.05, 0) is 33.9 Å². The molecule has 0 N–H and O–H groups in total. The van der Waals surface area contributed by atoms with E-state index in [-0.39, 0.29) is 0 Å². The van der Waals surface area contributed by atoms with Gasteiger partial charge in [0.25, 0.3) is 0 Å². The molecule has 0 bridgehead atoms. The molecule has 1 aliphatic heterocycles. The number of para-hydroxylation sites is 1. The molecule has 2 heterocycles. The van der Waals surface area contributed by atoms with Crippen molar-refractivity contribution in [3.05, 3.63) is 24.3 Å². The molecule has 1 saturated heterocycles. The number of hydrogen-bond acceptors (Lipinski definition) is 6. The fourth-order valence-corrected chi connectivity index (χ4v) is 6.11. The van der Waals surface area contributed by atoms with Gasteiger partial charge >= 0.3 is 0 Å². The standard InChI is InChI=1S/C11H12N2S4/c1-2-4-10-9(3-1)12-11(15-10)16-17-13-5-7-14-8-6-13/h1-4H,5-8H2. The van der Waals surface area contributed by atoms with Gasteiger partial charge in [0, 0.05) is 24.6 Å². The molecule has 0 radical (unpaired) electrons. The lowest BCUT2D eigenvalue weighted by atomic mass is 10.3. The summed E-state index contributed by atoms with van der Waals surface area (Å²) in [6.45, 7) is 2.38. The predicted molar refractivity (Wildman–Crippen MR) is 82.0 cm³/mol.